The van der Waals surface area contributed by atoms with Crippen LogP contribution in [0, 0.1) is 17.7 Å². The number of ether oxygens (including phenoxy) is 1. The van der Waals surface area contributed by atoms with Crippen molar-refractivity contribution in [3.05, 3.63) is 34.6 Å². The van der Waals surface area contributed by atoms with Crippen LogP contribution in [0.5, 0.6) is 0 Å². The second-order valence-electron chi connectivity index (χ2n) is 4.60. The van der Waals surface area contributed by atoms with Crippen LogP contribution in [0.1, 0.15) is 19.4 Å². The largest absolute Gasteiger partial charge is 0.468 e. The third-order valence-electron chi connectivity index (χ3n) is 2.86. The van der Waals surface area contributed by atoms with Crippen molar-refractivity contribution < 1.29 is 18.7 Å². The van der Waals surface area contributed by atoms with Gasteiger partial charge in [0.15, 0.2) is 5.78 Å². The number of ketones is 1. The smallest absolute Gasteiger partial charge is 0.316 e. The minimum absolute atomic E-state index is 0.0375. The van der Waals surface area contributed by atoms with Crippen LogP contribution in [0.3, 0.4) is 0 Å². The standard InChI is InChI=1S/C14H16ClFO3/c1-8(2)12(14(18)19-3)11(17)7-9-5-4-6-10(15)13(9)16/h4-6,8,12H,7H2,1-3H3. The topological polar surface area (TPSA) is 43.4 Å². The second kappa shape index (κ2) is 6.66. The van der Waals surface area contributed by atoms with Crippen molar-refractivity contribution >= 4 is 23.4 Å². The fraction of sp³-hybridized carbons (Fsp3) is 0.429. The quantitative estimate of drug-likeness (QED) is 0.617. The van der Waals surface area contributed by atoms with Crippen LogP contribution in [0.2, 0.25) is 5.02 Å². The summed E-state index contributed by atoms with van der Waals surface area (Å²) in [6.45, 7) is 3.49. The van der Waals surface area contributed by atoms with E-state index in [4.69, 9.17) is 11.6 Å². The van der Waals surface area contributed by atoms with E-state index in [-0.39, 0.29) is 28.7 Å². The maximum Gasteiger partial charge on any atom is 0.316 e. The number of carbonyl (C=O) groups is 2. The fourth-order valence-electron chi connectivity index (χ4n) is 1.89. The summed E-state index contributed by atoms with van der Waals surface area (Å²) < 4.78 is 18.3. The number of benzene rings is 1. The number of esters is 1. The summed E-state index contributed by atoms with van der Waals surface area (Å²) in [6.07, 6.45) is -0.176. The van der Waals surface area contributed by atoms with Gasteiger partial charge in [-0.15, -0.1) is 0 Å². The van der Waals surface area contributed by atoms with Crippen molar-refractivity contribution in [2.24, 2.45) is 11.8 Å². The summed E-state index contributed by atoms with van der Waals surface area (Å²) in [5.41, 5.74) is 0.187. The molecule has 0 bridgehead atoms. The number of carbonyl (C=O) groups excluding carboxylic acids is 2. The van der Waals surface area contributed by atoms with Gasteiger partial charge in [0.05, 0.1) is 12.1 Å². The van der Waals surface area contributed by atoms with Crippen molar-refractivity contribution in [1.82, 2.24) is 0 Å². The highest BCUT2D eigenvalue weighted by atomic mass is 35.5. The Labute approximate surface area is 116 Å². The highest BCUT2D eigenvalue weighted by Gasteiger charge is 2.31. The second-order valence-corrected chi connectivity index (χ2v) is 5.01. The van der Waals surface area contributed by atoms with E-state index in [0.29, 0.717) is 0 Å². The summed E-state index contributed by atoms with van der Waals surface area (Å²) in [4.78, 5) is 23.7. The van der Waals surface area contributed by atoms with Gasteiger partial charge >= 0.3 is 5.97 Å². The van der Waals surface area contributed by atoms with Crippen LogP contribution in [-0.4, -0.2) is 18.9 Å². The Bertz CT molecular complexity index is 486. The third kappa shape index (κ3) is 3.77. The first kappa shape index (κ1) is 15.6. The van der Waals surface area contributed by atoms with Crippen LogP contribution in [-0.2, 0) is 20.7 Å². The van der Waals surface area contributed by atoms with Gasteiger partial charge in [-0.1, -0.05) is 37.6 Å². The van der Waals surface area contributed by atoms with Gasteiger partial charge < -0.3 is 4.74 Å². The van der Waals surface area contributed by atoms with Crippen molar-refractivity contribution in [2.75, 3.05) is 7.11 Å². The zero-order chi connectivity index (χ0) is 14.6. The van der Waals surface area contributed by atoms with Crippen LogP contribution >= 0.6 is 11.6 Å². The Hall–Kier alpha value is -1.42. The Morgan fingerprint density at radius 1 is 1.37 bits per heavy atom. The molecule has 19 heavy (non-hydrogen) atoms. The molecule has 1 unspecified atom stereocenters. The maximum atomic E-state index is 13.7. The first-order chi connectivity index (χ1) is 8.88. The normalized spacial score (nSPS) is 12.3. The average molecular weight is 287 g/mol. The molecule has 0 aliphatic heterocycles. The Kier molecular flexibility index (Phi) is 5.48. The summed E-state index contributed by atoms with van der Waals surface area (Å²) >= 11 is 5.65. The molecule has 0 heterocycles. The van der Waals surface area contributed by atoms with Crippen molar-refractivity contribution in [2.45, 2.75) is 20.3 Å². The molecule has 0 amide bonds. The highest BCUT2D eigenvalue weighted by Crippen LogP contribution is 2.21. The SMILES string of the molecule is COC(=O)C(C(=O)Cc1cccc(Cl)c1F)C(C)C. The molecule has 0 aliphatic rings. The van der Waals surface area contributed by atoms with Gasteiger partial charge in [-0.3, -0.25) is 9.59 Å². The average Bonchev–Trinajstić information content (AvgIpc) is 2.34. The van der Waals surface area contributed by atoms with Gasteiger partial charge in [0.1, 0.15) is 11.7 Å². The first-order valence-electron chi connectivity index (χ1n) is 5.92. The monoisotopic (exact) mass is 286 g/mol. The number of rotatable bonds is 5. The zero-order valence-electron chi connectivity index (χ0n) is 11.1. The third-order valence-corrected chi connectivity index (χ3v) is 3.16. The predicted molar refractivity (Wildman–Crippen MR) is 70.5 cm³/mol. The summed E-state index contributed by atoms with van der Waals surface area (Å²) in [5, 5.41) is -0.0375. The Morgan fingerprint density at radius 2 is 2.00 bits per heavy atom. The molecule has 0 saturated heterocycles. The lowest BCUT2D eigenvalue weighted by Crippen LogP contribution is -2.31. The van der Waals surface area contributed by atoms with Crippen LogP contribution < -0.4 is 0 Å². The zero-order valence-corrected chi connectivity index (χ0v) is 11.8. The molecule has 0 aliphatic carbocycles. The number of Topliss-reactive ketones (excluding diaryl/α,β-unsaturated/α-hetero) is 1. The molecule has 1 aromatic carbocycles. The van der Waals surface area contributed by atoms with E-state index in [9.17, 15) is 14.0 Å². The minimum Gasteiger partial charge on any atom is -0.468 e. The molecule has 0 aromatic heterocycles. The van der Waals surface area contributed by atoms with Crippen molar-refractivity contribution in [3.63, 3.8) is 0 Å². The number of halogens is 2. The molecule has 0 saturated carbocycles. The van der Waals surface area contributed by atoms with Gasteiger partial charge in [0.2, 0.25) is 0 Å². The molecule has 0 fully saturated rings. The van der Waals surface area contributed by atoms with Crippen molar-refractivity contribution in [1.29, 1.82) is 0 Å². The number of hydrogen-bond acceptors (Lipinski definition) is 3. The predicted octanol–water partition coefficient (Wildman–Crippen LogP) is 3.04. The number of hydrogen-bond donors (Lipinski definition) is 0. The summed E-state index contributed by atoms with van der Waals surface area (Å²) in [5.74, 6) is -2.68. The molecular formula is C14H16ClFO3. The molecule has 1 aromatic rings. The lowest BCUT2D eigenvalue weighted by atomic mass is 9.88. The molecule has 104 valence electrons. The van der Waals surface area contributed by atoms with Gasteiger partial charge in [0, 0.05) is 6.42 Å². The Morgan fingerprint density at radius 3 is 2.53 bits per heavy atom. The molecule has 0 radical (unpaired) electrons. The molecule has 0 N–H and O–H groups in total. The van der Waals surface area contributed by atoms with E-state index in [1.54, 1.807) is 19.9 Å². The molecular weight excluding hydrogens is 271 g/mol. The van der Waals surface area contributed by atoms with E-state index in [1.165, 1.54) is 19.2 Å². The lowest BCUT2D eigenvalue weighted by Gasteiger charge is -2.17. The number of methoxy groups -OCH3 is 1. The fourth-order valence-corrected chi connectivity index (χ4v) is 2.08. The van der Waals surface area contributed by atoms with E-state index >= 15 is 0 Å². The lowest BCUT2D eigenvalue weighted by molar-refractivity contribution is -0.151. The molecule has 1 atom stereocenters. The van der Waals surface area contributed by atoms with Gasteiger partial charge in [-0.2, -0.15) is 0 Å². The van der Waals surface area contributed by atoms with Gasteiger partial charge in [0.25, 0.3) is 0 Å². The van der Waals surface area contributed by atoms with Gasteiger partial charge in [-0.05, 0) is 17.5 Å². The van der Waals surface area contributed by atoms with Gasteiger partial charge in [-0.25, -0.2) is 4.39 Å². The maximum absolute atomic E-state index is 13.7. The highest BCUT2D eigenvalue weighted by molar-refractivity contribution is 6.30. The first-order valence-corrected chi connectivity index (χ1v) is 6.29. The molecule has 1 rings (SSSR count). The minimum atomic E-state index is -0.886. The molecule has 5 heteroatoms. The Balaban J connectivity index is 2.94. The van der Waals surface area contributed by atoms with E-state index in [1.807, 2.05) is 0 Å². The summed E-state index contributed by atoms with van der Waals surface area (Å²) in [7, 11) is 1.23. The van der Waals surface area contributed by atoms with Crippen LogP contribution in [0.15, 0.2) is 18.2 Å². The molecule has 3 nitrogen and oxygen atoms in total. The van der Waals surface area contributed by atoms with E-state index in [0.717, 1.165) is 0 Å². The van der Waals surface area contributed by atoms with E-state index < -0.39 is 17.7 Å². The molecule has 0 spiro atoms. The summed E-state index contributed by atoms with van der Waals surface area (Å²) in [6, 6.07) is 4.45. The van der Waals surface area contributed by atoms with E-state index in [2.05, 4.69) is 4.74 Å². The van der Waals surface area contributed by atoms with Crippen LogP contribution in [0.25, 0.3) is 0 Å². The van der Waals surface area contributed by atoms with Crippen molar-refractivity contribution in [3.8, 4) is 0 Å². The van der Waals surface area contributed by atoms with Crippen LogP contribution in [0.4, 0.5) is 4.39 Å².